The summed E-state index contributed by atoms with van der Waals surface area (Å²) in [5, 5.41) is 24.8. The third-order valence-corrected chi connectivity index (χ3v) is 14.7. The number of benzene rings is 2. The molecule has 2 unspecified atom stereocenters. The van der Waals surface area contributed by atoms with Crippen LogP contribution in [0.3, 0.4) is 0 Å². The number of fused-ring (bicyclic) bond motifs is 1. The minimum Gasteiger partial charge on any atom is -0.483 e. The number of phosphoric ester groups is 1. The van der Waals surface area contributed by atoms with Gasteiger partial charge in [0, 0.05) is 6.61 Å². The first-order valence-corrected chi connectivity index (χ1v) is 26.3. The maximum Gasteiger partial charge on any atom is 0.530 e. The molecule has 7 rings (SSSR count). The molecule has 68 heavy (non-hydrogen) atoms. The topological polar surface area (TPSA) is 195 Å². The number of phosphoric acid groups is 1. The second-order valence-electron chi connectivity index (χ2n) is 19.0. The van der Waals surface area contributed by atoms with E-state index in [2.05, 4.69) is 29.1 Å². The maximum absolute atomic E-state index is 15.1. The fraction of sp³-hybridized carbons (Fsp3) is 0.608. The van der Waals surface area contributed by atoms with Crippen molar-refractivity contribution in [1.29, 1.82) is 10.5 Å². The molecule has 2 aromatic heterocycles. The van der Waals surface area contributed by atoms with Crippen LogP contribution < -0.4 is 15.0 Å². The zero-order valence-electron chi connectivity index (χ0n) is 40.3. The number of para-hydroxylation sites is 1. The van der Waals surface area contributed by atoms with Crippen LogP contribution in [0.4, 0.5) is 5.82 Å². The molecule has 15 nitrogen and oxygen atoms in total. The van der Waals surface area contributed by atoms with E-state index in [9.17, 15) is 10.5 Å². The molecular formula is C51H68ClN6O9P. The summed E-state index contributed by atoms with van der Waals surface area (Å²) >= 11 is 6.54. The first-order chi connectivity index (χ1) is 32.8. The summed E-state index contributed by atoms with van der Waals surface area (Å²) in [5.74, 6) is -0.665. The highest BCUT2D eigenvalue weighted by Crippen LogP contribution is 2.70. The third kappa shape index (κ3) is 12.0. The fourth-order valence-electron chi connectivity index (χ4n) is 9.65. The Labute approximate surface area is 406 Å². The SMILES string of the molecule is CCCCCCCCCCCCCCCCCCOC[C@H](COP(=O)(Oc1ccccc1Cl)OC1[C@H]2O[C@@](C)(c3ccc4c(N)ncnn34)[C@@H]3OC(C)(C)O[C@]123)Oc1c(C#N)cc(C)cc1C#N. The van der Waals surface area contributed by atoms with Gasteiger partial charge in [0.15, 0.2) is 23.0 Å². The van der Waals surface area contributed by atoms with Gasteiger partial charge >= 0.3 is 7.82 Å². The molecule has 3 fully saturated rings. The van der Waals surface area contributed by atoms with Crippen molar-refractivity contribution in [1.82, 2.24) is 14.6 Å². The Hall–Kier alpha value is -4.28. The number of unbranched alkanes of at least 4 members (excludes halogenated alkanes) is 15. The number of halogens is 1. The quantitative estimate of drug-likeness (QED) is 0.0399. The van der Waals surface area contributed by atoms with Crippen LogP contribution in [0.1, 0.15) is 153 Å². The molecule has 0 amide bonds. The van der Waals surface area contributed by atoms with Crippen molar-refractivity contribution < 1.29 is 41.8 Å². The summed E-state index contributed by atoms with van der Waals surface area (Å²) in [6.45, 7) is 9.55. The minimum atomic E-state index is -4.65. The maximum atomic E-state index is 15.1. The summed E-state index contributed by atoms with van der Waals surface area (Å²) in [5.41, 5.74) is 6.12. The highest BCUT2D eigenvalue weighted by atomic mass is 35.5. The number of anilines is 1. The van der Waals surface area contributed by atoms with E-state index in [1.807, 2.05) is 19.1 Å². The molecule has 0 bridgehead atoms. The highest BCUT2D eigenvalue weighted by Gasteiger charge is 2.88. The van der Waals surface area contributed by atoms with Crippen LogP contribution in [0, 0.1) is 29.6 Å². The number of nitrogens with zero attached hydrogens (tertiary/aromatic N) is 5. The molecule has 3 aliphatic rings. The predicted molar refractivity (Wildman–Crippen MR) is 258 cm³/mol. The van der Waals surface area contributed by atoms with Gasteiger partial charge < -0.3 is 33.9 Å². The third-order valence-electron chi connectivity index (χ3n) is 13.1. The normalized spacial score (nSPS) is 23.6. The Morgan fingerprint density at radius 3 is 2.10 bits per heavy atom. The fourth-order valence-corrected chi connectivity index (χ4v) is 11.3. The molecule has 2 aromatic carbocycles. The van der Waals surface area contributed by atoms with Gasteiger partial charge in [-0.05, 0) is 76.1 Å². The Morgan fingerprint density at radius 1 is 0.868 bits per heavy atom. The van der Waals surface area contributed by atoms with Crippen LogP contribution in [0.25, 0.3) is 5.52 Å². The van der Waals surface area contributed by atoms with Gasteiger partial charge in [0.1, 0.15) is 59.7 Å². The van der Waals surface area contributed by atoms with Crippen LogP contribution >= 0.6 is 19.4 Å². The van der Waals surface area contributed by atoms with Gasteiger partial charge in [0.2, 0.25) is 0 Å². The van der Waals surface area contributed by atoms with Crippen molar-refractivity contribution in [2.75, 3.05) is 25.6 Å². The summed E-state index contributed by atoms with van der Waals surface area (Å²) in [6.07, 6.45) is 18.1. The lowest BCUT2D eigenvalue weighted by molar-refractivity contribution is -0.196. The van der Waals surface area contributed by atoms with Crippen molar-refractivity contribution in [3.05, 3.63) is 82.3 Å². The van der Waals surface area contributed by atoms with Crippen LogP contribution in [0.2, 0.25) is 5.02 Å². The Kier molecular flexibility index (Phi) is 17.5. The van der Waals surface area contributed by atoms with Crippen molar-refractivity contribution in [2.24, 2.45) is 0 Å². The van der Waals surface area contributed by atoms with E-state index in [0.717, 1.165) is 24.8 Å². The van der Waals surface area contributed by atoms with E-state index in [1.54, 1.807) is 61.7 Å². The van der Waals surface area contributed by atoms with Crippen LogP contribution in [0.15, 0.2) is 54.9 Å². The standard InChI is InChI=1S/C51H68ClN6O9P/c1-6-7-8-9-10-11-12-13-14-15-16-17-18-19-20-23-28-60-33-39(62-44-37(31-53)29-36(2)30-38(44)32-54)34-61-68(59,65-42-25-22-21-24-40(42)52)66-46-45-51(46)48(64-49(3,4)67-51)50(5,63-45)43-27-26-41-47(55)56-35-57-58(41)43/h21-22,24-27,29-30,35,39,45-46,48H,6-20,23,28,33-34H2,1-5H3,(H2,55,56,57)/t39-,45-,46?,48+,50+,51+,68?/m1/s1. The molecule has 2 aliphatic heterocycles. The van der Waals surface area contributed by atoms with Gasteiger partial charge in [-0.3, -0.25) is 9.05 Å². The molecule has 2 saturated heterocycles. The van der Waals surface area contributed by atoms with E-state index >= 15 is 4.57 Å². The molecule has 17 heteroatoms. The average Bonchev–Trinajstić information content (AvgIpc) is 3.62. The van der Waals surface area contributed by atoms with Gasteiger partial charge in [0.25, 0.3) is 0 Å². The predicted octanol–water partition coefficient (Wildman–Crippen LogP) is 11.8. The molecule has 1 aliphatic carbocycles. The highest BCUT2D eigenvalue weighted by molar-refractivity contribution is 7.49. The Morgan fingerprint density at radius 2 is 1.49 bits per heavy atom. The van der Waals surface area contributed by atoms with Gasteiger partial charge in [-0.25, -0.2) is 14.1 Å². The van der Waals surface area contributed by atoms with Gasteiger partial charge in [0.05, 0.1) is 35.1 Å². The number of ether oxygens (including phenoxy) is 5. The summed E-state index contributed by atoms with van der Waals surface area (Å²) in [6, 6.07) is 17.7. The monoisotopic (exact) mass is 974 g/mol. The zero-order chi connectivity index (χ0) is 48.4. The number of aromatic nitrogens is 3. The molecule has 1 spiro atoms. The molecule has 4 aromatic rings. The number of nitriles is 2. The summed E-state index contributed by atoms with van der Waals surface area (Å²) in [4.78, 5) is 4.12. The van der Waals surface area contributed by atoms with E-state index in [4.69, 9.17) is 54.6 Å². The van der Waals surface area contributed by atoms with Crippen molar-refractivity contribution >= 4 is 30.8 Å². The van der Waals surface area contributed by atoms with E-state index < -0.39 is 55.8 Å². The molecule has 7 atom stereocenters. The van der Waals surface area contributed by atoms with Gasteiger partial charge in [-0.1, -0.05) is 127 Å². The Bertz CT molecular complexity index is 2420. The van der Waals surface area contributed by atoms with Gasteiger partial charge in [-0.15, -0.1) is 0 Å². The molecule has 368 valence electrons. The first kappa shape index (κ1) is 51.6. The number of rotatable bonds is 29. The lowest BCUT2D eigenvalue weighted by atomic mass is 9.91. The van der Waals surface area contributed by atoms with E-state index in [-0.39, 0.29) is 34.3 Å². The zero-order valence-corrected chi connectivity index (χ0v) is 41.9. The van der Waals surface area contributed by atoms with Crippen LogP contribution in [-0.2, 0) is 38.2 Å². The number of nitrogens with two attached hydrogens (primary N) is 1. The molecule has 2 N–H and O–H groups in total. The van der Waals surface area contributed by atoms with E-state index in [0.29, 0.717) is 23.6 Å². The van der Waals surface area contributed by atoms with Crippen LogP contribution in [-0.4, -0.2) is 70.2 Å². The number of hydrogen-bond acceptors (Lipinski definition) is 14. The average molecular weight is 976 g/mol. The second kappa shape index (κ2) is 23.1. The molecule has 0 radical (unpaired) electrons. The van der Waals surface area contributed by atoms with Gasteiger partial charge in [-0.2, -0.15) is 15.6 Å². The number of aryl methyl sites for hydroxylation is 1. The lowest BCUT2D eigenvalue weighted by Crippen LogP contribution is -2.45. The van der Waals surface area contributed by atoms with Crippen molar-refractivity contribution in [3.8, 4) is 23.6 Å². The van der Waals surface area contributed by atoms with E-state index in [1.165, 1.54) is 89.8 Å². The smallest absolute Gasteiger partial charge is 0.483 e. The second-order valence-corrected chi connectivity index (χ2v) is 20.9. The van der Waals surface area contributed by atoms with Crippen molar-refractivity contribution in [3.63, 3.8) is 0 Å². The lowest BCUT2D eigenvalue weighted by Gasteiger charge is -2.33. The van der Waals surface area contributed by atoms with Crippen LogP contribution in [0.5, 0.6) is 11.5 Å². The minimum absolute atomic E-state index is 0.0154. The molecule has 4 heterocycles. The van der Waals surface area contributed by atoms with Crippen molar-refractivity contribution in [2.45, 2.75) is 179 Å². The summed E-state index contributed by atoms with van der Waals surface area (Å²) < 4.78 is 67.9. The number of hydrogen-bond donors (Lipinski definition) is 1. The summed E-state index contributed by atoms with van der Waals surface area (Å²) in [7, 11) is -4.65. The largest absolute Gasteiger partial charge is 0.530 e. The number of nitrogen functional groups attached to an aromatic ring is 1. The molecular weight excluding hydrogens is 907 g/mol. The Balaban J connectivity index is 0.997. The molecule has 1 saturated carbocycles. The first-order valence-electron chi connectivity index (χ1n) is 24.5.